The fourth-order valence-corrected chi connectivity index (χ4v) is 4.64. The normalized spacial score (nSPS) is 12.1. The summed E-state index contributed by atoms with van der Waals surface area (Å²) in [5.41, 5.74) is 8.19. The first-order valence-corrected chi connectivity index (χ1v) is 13.8. The number of benzene rings is 3. The molecule has 3 aromatic rings. The third-order valence-corrected chi connectivity index (χ3v) is 7.06. The molecule has 3 rings (SSSR count). The Balaban J connectivity index is 1.50. The van der Waals surface area contributed by atoms with Gasteiger partial charge in [0.25, 0.3) is 5.91 Å². The van der Waals surface area contributed by atoms with Gasteiger partial charge in [-0.05, 0) is 95.7 Å². The summed E-state index contributed by atoms with van der Waals surface area (Å²) in [4.78, 5) is 23.4. The SMILES string of the molecule is COC(=O)CCNC(=O)c1ccc(CCC(C)COc2cc(C)c(-c3ccc(C(C)(C)C)cc3)c(C)c2)cc1. The van der Waals surface area contributed by atoms with Crippen molar-refractivity contribution in [1.29, 1.82) is 0 Å². The Morgan fingerprint density at radius 2 is 1.54 bits per heavy atom. The maximum absolute atomic E-state index is 12.2. The highest BCUT2D eigenvalue weighted by Gasteiger charge is 2.15. The maximum atomic E-state index is 12.2. The molecule has 1 N–H and O–H groups in total. The second kappa shape index (κ2) is 13.5. The highest BCUT2D eigenvalue weighted by Crippen LogP contribution is 2.33. The average molecular weight is 530 g/mol. The largest absolute Gasteiger partial charge is 0.493 e. The van der Waals surface area contributed by atoms with Gasteiger partial charge in [-0.15, -0.1) is 0 Å². The first-order chi connectivity index (χ1) is 18.5. The minimum atomic E-state index is -0.340. The molecule has 5 heteroatoms. The molecule has 0 aliphatic rings. The van der Waals surface area contributed by atoms with Crippen molar-refractivity contribution in [2.45, 2.75) is 66.2 Å². The summed E-state index contributed by atoms with van der Waals surface area (Å²) >= 11 is 0. The Labute approximate surface area is 233 Å². The minimum absolute atomic E-state index is 0.144. The number of carbonyl (C=O) groups excluding carboxylic acids is 2. The van der Waals surface area contributed by atoms with Crippen molar-refractivity contribution >= 4 is 11.9 Å². The number of esters is 1. The van der Waals surface area contributed by atoms with E-state index < -0.39 is 0 Å². The Hall–Kier alpha value is -3.60. The number of amides is 1. The third kappa shape index (κ3) is 8.71. The summed E-state index contributed by atoms with van der Waals surface area (Å²) in [7, 11) is 1.34. The fourth-order valence-electron chi connectivity index (χ4n) is 4.64. The molecule has 0 radical (unpaired) electrons. The van der Waals surface area contributed by atoms with Crippen LogP contribution in [0, 0.1) is 19.8 Å². The van der Waals surface area contributed by atoms with Crippen molar-refractivity contribution in [2.75, 3.05) is 20.3 Å². The van der Waals surface area contributed by atoms with Crippen LogP contribution in [0.15, 0.2) is 60.7 Å². The van der Waals surface area contributed by atoms with Crippen molar-refractivity contribution < 1.29 is 19.1 Å². The lowest BCUT2D eigenvalue weighted by atomic mass is 9.85. The first kappa shape index (κ1) is 29.9. The number of rotatable bonds is 11. The maximum Gasteiger partial charge on any atom is 0.307 e. The summed E-state index contributed by atoms with van der Waals surface area (Å²) in [5, 5.41) is 2.74. The van der Waals surface area contributed by atoms with Gasteiger partial charge in [-0.2, -0.15) is 0 Å². The van der Waals surface area contributed by atoms with Crippen molar-refractivity contribution in [3.05, 3.63) is 88.5 Å². The summed E-state index contributed by atoms with van der Waals surface area (Å²) in [6, 6.07) is 20.8. The third-order valence-electron chi connectivity index (χ3n) is 7.06. The van der Waals surface area contributed by atoms with Crippen LogP contribution in [0.4, 0.5) is 0 Å². The lowest BCUT2D eigenvalue weighted by Gasteiger charge is -2.20. The van der Waals surface area contributed by atoms with Crippen LogP contribution < -0.4 is 10.1 Å². The van der Waals surface area contributed by atoms with Gasteiger partial charge in [0.15, 0.2) is 0 Å². The van der Waals surface area contributed by atoms with Gasteiger partial charge in [0.05, 0.1) is 20.1 Å². The topological polar surface area (TPSA) is 64.6 Å². The predicted molar refractivity (Wildman–Crippen MR) is 158 cm³/mol. The summed E-state index contributed by atoms with van der Waals surface area (Å²) in [5.74, 6) is 0.768. The molecule has 1 amide bonds. The molecule has 0 aromatic heterocycles. The second-order valence-electron chi connectivity index (χ2n) is 11.5. The van der Waals surface area contributed by atoms with Crippen LogP contribution in [0.2, 0.25) is 0 Å². The van der Waals surface area contributed by atoms with Crippen molar-refractivity contribution in [3.63, 3.8) is 0 Å². The lowest BCUT2D eigenvalue weighted by Crippen LogP contribution is -2.26. The zero-order valence-electron chi connectivity index (χ0n) is 24.5. The zero-order chi connectivity index (χ0) is 28.6. The van der Waals surface area contributed by atoms with Gasteiger partial charge in [0.1, 0.15) is 5.75 Å². The zero-order valence-corrected chi connectivity index (χ0v) is 24.5. The average Bonchev–Trinajstić information content (AvgIpc) is 2.90. The van der Waals surface area contributed by atoms with Crippen LogP contribution in [0.3, 0.4) is 0 Å². The second-order valence-corrected chi connectivity index (χ2v) is 11.5. The van der Waals surface area contributed by atoms with E-state index in [2.05, 4.69) is 88.0 Å². The molecule has 0 spiro atoms. The van der Waals surface area contributed by atoms with Crippen LogP contribution >= 0.6 is 0 Å². The molecule has 0 bridgehead atoms. The highest BCUT2D eigenvalue weighted by molar-refractivity contribution is 5.94. The van der Waals surface area contributed by atoms with Crippen LogP contribution in [-0.2, 0) is 21.4 Å². The van der Waals surface area contributed by atoms with Crippen LogP contribution in [0.25, 0.3) is 11.1 Å². The first-order valence-electron chi connectivity index (χ1n) is 13.8. The van der Waals surface area contributed by atoms with Crippen molar-refractivity contribution in [3.8, 4) is 16.9 Å². The Morgan fingerprint density at radius 3 is 2.10 bits per heavy atom. The summed E-state index contributed by atoms with van der Waals surface area (Å²) in [6.07, 6.45) is 2.06. The van der Waals surface area contributed by atoms with E-state index in [9.17, 15) is 9.59 Å². The van der Waals surface area contributed by atoms with Gasteiger partial charge in [-0.1, -0.05) is 64.1 Å². The van der Waals surface area contributed by atoms with Crippen LogP contribution in [0.5, 0.6) is 5.75 Å². The number of ether oxygens (including phenoxy) is 2. The fraction of sp³-hybridized carbons (Fsp3) is 0.412. The highest BCUT2D eigenvalue weighted by atomic mass is 16.5. The van der Waals surface area contributed by atoms with Gasteiger partial charge in [-0.25, -0.2) is 0 Å². The molecule has 0 heterocycles. The van der Waals surface area contributed by atoms with E-state index in [0.717, 1.165) is 18.6 Å². The molecule has 1 unspecified atom stereocenters. The Kier molecular flexibility index (Phi) is 10.3. The van der Waals surface area contributed by atoms with Gasteiger partial charge in [0.2, 0.25) is 0 Å². The monoisotopic (exact) mass is 529 g/mol. The van der Waals surface area contributed by atoms with E-state index in [1.165, 1.54) is 40.5 Å². The molecule has 0 fully saturated rings. The molecule has 0 aliphatic heterocycles. The van der Waals surface area contributed by atoms with E-state index in [0.29, 0.717) is 18.1 Å². The van der Waals surface area contributed by atoms with E-state index in [1.54, 1.807) is 0 Å². The van der Waals surface area contributed by atoms with E-state index >= 15 is 0 Å². The standard InChI is InChI=1S/C34H43NO4/c1-23(8-9-26-10-12-28(13-11-26)33(37)35-19-18-31(36)38-7)22-39-30-20-24(2)32(25(3)21-30)27-14-16-29(17-15-27)34(4,5)6/h10-17,20-21,23H,8-9,18-19,22H2,1-7H3,(H,35,37). The molecule has 0 saturated heterocycles. The molecule has 5 nitrogen and oxygen atoms in total. The number of hydrogen-bond donors (Lipinski definition) is 1. The van der Waals surface area contributed by atoms with Gasteiger partial charge < -0.3 is 14.8 Å². The van der Waals surface area contributed by atoms with Gasteiger partial charge >= 0.3 is 5.97 Å². The Morgan fingerprint density at radius 1 is 0.923 bits per heavy atom. The number of aryl methyl sites for hydroxylation is 3. The van der Waals surface area contributed by atoms with E-state index in [-0.39, 0.29) is 30.3 Å². The molecule has 0 saturated carbocycles. The van der Waals surface area contributed by atoms with E-state index in [4.69, 9.17) is 4.74 Å². The smallest absolute Gasteiger partial charge is 0.307 e. The summed E-state index contributed by atoms with van der Waals surface area (Å²) < 4.78 is 10.8. The van der Waals surface area contributed by atoms with Gasteiger partial charge in [-0.3, -0.25) is 9.59 Å². The lowest BCUT2D eigenvalue weighted by molar-refractivity contribution is -0.140. The predicted octanol–water partition coefficient (Wildman–Crippen LogP) is 7.21. The molecule has 208 valence electrons. The number of nitrogens with one attached hydrogen (secondary N) is 1. The Bertz CT molecular complexity index is 1230. The van der Waals surface area contributed by atoms with Gasteiger partial charge in [0, 0.05) is 12.1 Å². The van der Waals surface area contributed by atoms with Crippen molar-refractivity contribution in [1.82, 2.24) is 5.32 Å². The molecule has 3 aromatic carbocycles. The number of hydrogen-bond acceptors (Lipinski definition) is 4. The molecule has 0 aliphatic carbocycles. The van der Waals surface area contributed by atoms with Crippen LogP contribution in [0.1, 0.15) is 73.1 Å². The van der Waals surface area contributed by atoms with E-state index in [1.807, 2.05) is 24.3 Å². The number of methoxy groups -OCH3 is 1. The molecular formula is C34H43NO4. The molecular weight excluding hydrogens is 486 g/mol. The van der Waals surface area contributed by atoms with Crippen molar-refractivity contribution in [2.24, 2.45) is 5.92 Å². The minimum Gasteiger partial charge on any atom is -0.493 e. The van der Waals surface area contributed by atoms with Crippen LogP contribution in [-0.4, -0.2) is 32.1 Å². The summed E-state index contributed by atoms with van der Waals surface area (Å²) in [6.45, 7) is 14.1. The quantitative estimate of drug-likeness (QED) is 0.267. The number of carbonyl (C=O) groups is 2. The molecule has 39 heavy (non-hydrogen) atoms. The molecule has 1 atom stereocenters.